The molecule has 3 nitrogen and oxygen atoms in total. The number of carbonyl (C=O) groups is 1. The molecule has 1 aromatic carbocycles. The Kier molecular flexibility index (Phi) is 7.87. The number of aromatic nitrogens is 1. The number of alkyl halides is 2. The van der Waals surface area contributed by atoms with E-state index in [1.165, 1.54) is 19.1 Å². The van der Waals surface area contributed by atoms with Gasteiger partial charge in [0.25, 0.3) is 12.0 Å². The summed E-state index contributed by atoms with van der Waals surface area (Å²) >= 11 is 0. The van der Waals surface area contributed by atoms with Crippen molar-refractivity contribution in [3.8, 4) is 0 Å². The number of nitrogens with one attached hydrogen (secondary N) is 1. The van der Waals surface area contributed by atoms with Crippen LogP contribution in [0.2, 0.25) is 0 Å². The zero-order valence-corrected chi connectivity index (χ0v) is 16.0. The zero-order valence-electron chi connectivity index (χ0n) is 16.0. The van der Waals surface area contributed by atoms with Gasteiger partial charge in [0.05, 0.1) is 0 Å². The van der Waals surface area contributed by atoms with E-state index < -0.39 is 6.43 Å². The molecule has 0 radical (unpaired) electrons. The summed E-state index contributed by atoms with van der Waals surface area (Å²) in [5.41, 5.74) is 3.33. The number of rotatable bonds is 5. The van der Waals surface area contributed by atoms with Gasteiger partial charge in [0.1, 0.15) is 6.29 Å². The molecule has 1 aromatic heterocycles. The van der Waals surface area contributed by atoms with Crippen LogP contribution in [0.1, 0.15) is 68.5 Å². The standard InChI is InChI=1S/C19H23F2NO.C2H4O/c1-5-19(3,4)16-12(2)10-15(18(23)22-16)11-13-6-8-14(9-7-13)17(20)21;1-2-3/h6-10,17H,5,11H2,1-4H3,(H,22,23);2H,1H3. The maximum atomic E-state index is 12.6. The molecule has 26 heavy (non-hydrogen) atoms. The molecule has 0 aliphatic carbocycles. The van der Waals surface area contributed by atoms with Crippen LogP contribution in [-0.2, 0) is 16.6 Å². The number of carbonyl (C=O) groups excluding carboxylic acids is 1. The quantitative estimate of drug-likeness (QED) is 0.751. The highest BCUT2D eigenvalue weighted by molar-refractivity contribution is 5.44. The van der Waals surface area contributed by atoms with Crippen LogP contribution in [0, 0.1) is 6.92 Å². The van der Waals surface area contributed by atoms with Gasteiger partial charge in [-0.3, -0.25) is 4.79 Å². The molecule has 142 valence electrons. The summed E-state index contributed by atoms with van der Waals surface area (Å²) in [5.74, 6) is 0. The molecular weight excluding hydrogens is 336 g/mol. The highest BCUT2D eigenvalue weighted by atomic mass is 19.3. The molecule has 0 amide bonds. The van der Waals surface area contributed by atoms with Gasteiger partial charge in [0.15, 0.2) is 0 Å². The molecular formula is C21H27F2NO2. The molecule has 1 N–H and O–H groups in total. The lowest BCUT2D eigenvalue weighted by atomic mass is 9.83. The number of halogens is 2. The Labute approximate surface area is 153 Å². The minimum atomic E-state index is -2.47. The van der Waals surface area contributed by atoms with E-state index in [2.05, 4.69) is 25.8 Å². The van der Waals surface area contributed by atoms with Gasteiger partial charge < -0.3 is 9.78 Å². The van der Waals surface area contributed by atoms with Gasteiger partial charge in [-0.25, -0.2) is 8.78 Å². The molecule has 5 heteroatoms. The van der Waals surface area contributed by atoms with Crippen LogP contribution in [0.25, 0.3) is 0 Å². The third kappa shape index (κ3) is 5.61. The second kappa shape index (κ2) is 9.41. The van der Waals surface area contributed by atoms with Crippen molar-refractivity contribution in [1.29, 1.82) is 0 Å². The average molecular weight is 363 g/mol. The number of benzene rings is 1. The Hall–Kier alpha value is -2.30. The largest absolute Gasteiger partial charge is 0.325 e. The first-order valence-electron chi connectivity index (χ1n) is 8.66. The van der Waals surface area contributed by atoms with Gasteiger partial charge in [-0.15, -0.1) is 0 Å². The van der Waals surface area contributed by atoms with Gasteiger partial charge in [0, 0.05) is 28.7 Å². The minimum absolute atomic E-state index is 0.00103. The fourth-order valence-electron chi connectivity index (χ4n) is 2.70. The maximum absolute atomic E-state index is 12.6. The van der Waals surface area contributed by atoms with Crippen LogP contribution in [0.3, 0.4) is 0 Å². The van der Waals surface area contributed by atoms with Crippen LogP contribution in [-0.4, -0.2) is 11.3 Å². The lowest BCUT2D eigenvalue weighted by molar-refractivity contribution is -0.106. The van der Waals surface area contributed by atoms with Crippen molar-refractivity contribution in [2.45, 2.75) is 59.3 Å². The SMILES string of the molecule is CC=O.CCC(C)(C)c1[nH]c(=O)c(Cc2ccc(C(F)F)cc2)cc1C. The van der Waals surface area contributed by atoms with Crippen LogP contribution in [0.15, 0.2) is 35.1 Å². The number of pyridine rings is 1. The first kappa shape index (κ1) is 21.7. The van der Waals surface area contributed by atoms with E-state index in [0.717, 1.165) is 29.5 Å². The number of H-pyrrole nitrogens is 1. The number of hydrogen-bond acceptors (Lipinski definition) is 2. The van der Waals surface area contributed by atoms with Gasteiger partial charge in [-0.05, 0) is 37.5 Å². The zero-order chi connectivity index (χ0) is 19.9. The smallest absolute Gasteiger partial charge is 0.263 e. The van der Waals surface area contributed by atoms with Crippen molar-refractivity contribution in [3.63, 3.8) is 0 Å². The Morgan fingerprint density at radius 2 is 1.73 bits per heavy atom. The van der Waals surface area contributed by atoms with E-state index in [1.807, 2.05) is 13.0 Å². The summed E-state index contributed by atoms with van der Waals surface area (Å²) in [6, 6.07) is 8.04. The molecule has 2 aromatic rings. The highest BCUT2D eigenvalue weighted by Gasteiger charge is 2.22. The molecule has 0 fully saturated rings. The second-order valence-electron chi connectivity index (χ2n) is 6.87. The van der Waals surface area contributed by atoms with E-state index in [-0.39, 0.29) is 16.5 Å². The lowest BCUT2D eigenvalue weighted by Crippen LogP contribution is -2.25. The fraction of sp³-hybridized carbons (Fsp3) is 0.429. The highest BCUT2D eigenvalue weighted by Crippen LogP contribution is 2.27. The predicted octanol–water partition coefficient (Wildman–Crippen LogP) is 5.10. The maximum Gasteiger partial charge on any atom is 0.263 e. The molecule has 0 spiro atoms. The van der Waals surface area contributed by atoms with Gasteiger partial charge >= 0.3 is 0 Å². The van der Waals surface area contributed by atoms with Crippen LogP contribution < -0.4 is 5.56 Å². The van der Waals surface area contributed by atoms with E-state index >= 15 is 0 Å². The van der Waals surface area contributed by atoms with Crippen LogP contribution in [0.4, 0.5) is 8.78 Å². The summed E-state index contributed by atoms with van der Waals surface area (Å²) < 4.78 is 25.2. The number of aryl methyl sites for hydroxylation is 1. The Morgan fingerprint density at radius 1 is 1.19 bits per heavy atom. The number of aldehydes is 1. The molecule has 0 unspecified atom stereocenters. The van der Waals surface area contributed by atoms with Crippen molar-refractivity contribution < 1.29 is 13.6 Å². The third-order valence-electron chi connectivity index (χ3n) is 4.50. The fourth-order valence-corrected chi connectivity index (χ4v) is 2.70. The van der Waals surface area contributed by atoms with Gasteiger partial charge in [0.2, 0.25) is 0 Å². The van der Waals surface area contributed by atoms with Crippen molar-refractivity contribution in [3.05, 3.63) is 68.6 Å². The predicted molar refractivity (Wildman–Crippen MR) is 101 cm³/mol. The molecule has 0 aliphatic heterocycles. The summed E-state index contributed by atoms with van der Waals surface area (Å²) in [6.07, 6.45) is -0.352. The van der Waals surface area contributed by atoms with Crippen molar-refractivity contribution in [1.82, 2.24) is 4.98 Å². The van der Waals surface area contributed by atoms with E-state index in [1.54, 1.807) is 12.1 Å². The molecule has 0 aliphatic rings. The van der Waals surface area contributed by atoms with Crippen molar-refractivity contribution in [2.75, 3.05) is 0 Å². The molecule has 0 saturated carbocycles. The van der Waals surface area contributed by atoms with E-state index in [4.69, 9.17) is 4.79 Å². The monoisotopic (exact) mass is 363 g/mol. The number of hydrogen-bond donors (Lipinski definition) is 1. The normalized spacial score (nSPS) is 11.1. The Morgan fingerprint density at radius 3 is 2.19 bits per heavy atom. The molecule has 1 heterocycles. The van der Waals surface area contributed by atoms with Gasteiger partial charge in [-0.2, -0.15) is 0 Å². The summed E-state index contributed by atoms with van der Waals surface area (Å²) in [4.78, 5) is 24.2. The number of aromatic amines is 1. The molecule has 0 bridgehead atoms. The van der Waals surface area contributed by atoms with E-state index in [0.29, 0.717) is 12.0 Å². The average Bonchev–Trinajstić information content (AvgIpc) is 2.59. The molecule has 2 rings (SSSR count). The Bertz CT molecular complexity index is 778. The van der Waals surface area contributed by atoms with Crippen LogP contribution >= 0.6 is 0 Å². The van der Waals surface area contributed by atoms with E-state index in [9.17, 15) is 13.6 Å². The topological polar surface area (TPSA) is 49.9 Å². The van der Waals surface area contributed by atoms with Gasteiger partial charge in [-0.1, -0.05) is 45.0 Å². The minimum Gasteiger partial charge on any atom is -0.325 e. The third-order valence-corrected chi connectivity index (χ3v) is 4.50. The summed E-state index contributed by atoms with van der Waals surface area (Å²) in [7, 11) is 0. The molecule has 0 atom stereocenters. The van der Waals surface area contributed by atoms with Crippen molar-refractivity contribution >= 4 is 6.29 Å². The summed E-state index contributed by atoms with van der Waals surface area (Å²) in [6.45, 7) is 9.74. The van der Waals surface area contributed by atoms with Crippen molar-refractivity contribution in [2.24, 2.45) is 0 Å². The second-order valence-corrected chi connectivity index (χ2v) is 6.87. The lowest BCUT2D eigenvalue weighted by Gasteiger charge is -2.25. The first-order valence-corrected chi connectivity index (χ1v) is 8.66. The Balaban J connectivity index is 0.00000105. The first-order chi connectivity index (χ1) is 12.2. The van der Waals surface area contributed by atoms with Crippen LogP contribution in [0.5, 0.6) is 0 Å². The summed E-state index contributed by atoms with van der Waals surface area (Å²) in [5, 5.41) is 0. The molecule has 0 saturated heterocycles.